The molecule has 6 rings (SSSR count). The van der Waals surface area contributed by atoms with Crippen LogP contribution in [0.5, 0.6) is 0 Å². The Hall–Kier alpha value is -2.52. The van der Waals surface area contributed by atoms with E-state index in [0.717, 1.165) is 5.56 Å². The summed E-state index contributed by atoms with van der Waals surface area (Å²) in [7, 11) is 0. The van der Waals surface area contributed by atoms with Crippen LogP contribution >= 0.6 is 0 Å². The lowest BCUT2D eigenvalue weighted by Crippen LogP contribution is -2.67. The van der Waals surface area contributed by atoms with Crippen LogP contribution in [0.1, 0.15) is 74.3 Å². The zero-order chi connectivity index (χ0) is 31.9. The number of ether oxygens (including phenoxy) is 5. The number of nitrogens with one attached hydrogen (secondary N) is 1. The lowest BCUT2D eigenvalue weighted by atomic mass is 9.48. The summed E-state index contributed by atoms with van der Waals surface area (Å²) in [4.78, 5) is 27.7. The summed E-state index contributed by atoms with van der Waals surface area (Å²) in [5, 5.41) is 3.41. The van der Waals surface area contributed by atoms with Gasteiger partial charge < -0.3 is 29.0 Å². The molecule has 1 aromatic carbocycles. The second kappa shape index (κ2) is 10.5. The number of esters is 1. The van der Waals surface area contributed by atoms with E-state index in [1.165, 1.54) is 6.92 Å². The van der Waals surface area contributed by atoms with Gasteiger partial charge in [-0.05, 0) is 77.9 Å². The lowest BCUT2D eigenvalue weighted by molar-refractivity contribution is -0.190. The maximum Gasteiger partial charge on any atom is 0.303 e. The highest BCUT2D eigenvalue weighted by Crippen LogP contribution is 2.64. The third kappa shape index (κ3) is 4.88. The molecule has 8 heteroatoms. The highest BCUT2D eigenvalue weighted by atomic mass is 16.8. The topological polar surface area (TPSA) is 92.3 Å². The van der Waals surface area contributed by atoms with Crippen LogP contribution in [0, 0.1) is 29.1 Å². The zero-order valence-electron chi connectivity index (χ0n) is 27.6. The minimum absolute atomic E-state index is 0.106. The second-order valence-corrected chi connectivity index (χ2v) is 15.0. The quantitative estimate of drug-likeness (QED) is 0.358. The molecule has 1 amide bonds. The van der Waals surface area contributed by atoms with E-state index in [0.29, 0.717) is 12.8 Å². The van der Waals surface area contributed by atoms with Gasteiger partial charge >= 0.3 is 5.97 Å². The Bertz CT molecular complexity index is 1360. The van der Waals surface area contributed by atoms with Crippen LogP contribution in [0.25, 0.3) is 0 Å². The maximum absolute atomic E-state index is 14.9. The van der Waals surface area contributed by atoms with Crippen LogP contribution in [0.15, 0.2) is 54.6 Å². The standard InChI is InChI=1S/C36H49NO7/c1-21-14-13-17-25-30-35(9,44-33(6,7)42-30)22(2)28-26(20-24-15-11-10-12-16-24)37-31(39)36(25,28)27(40-23(3)38)18-19-34(8)29(21)41-32(4,5)43-34/h10-13,15-19,21-22,25-30H,14,20H2,1-9H3,(H,37,39)/b17-13+,19-18+/t21-,22-,25-,26-,27+,28-,29+,30-,34+,35+,36+/m0/s1. The Balaban J connectivity index is 1.57. The molecule has 3 saturated heterocycles. The molecule has 3 aliphatic heterocycles. The molecule has 0 radical (unpaired) electrons. The van der Waals surface area contributed by atoms with E-state index >= 15 is 0 Å². The van der Waals surface area contributed by atoms with Gasteiger partial charge in [0.1, 0.15) is 17.1 Å². The van der Waals surface area contributed by atoms with Gasteiger partial charge in [0, 0.05) is 24.8 Å². The summed E-state index contributed by atoms with van der Waals surface area (Å²) in [5.74, 6) is -2.94. The van der Waals surface area contributed by atoms with Crippen LogP contribution in [-0.2, 0) is 39.7 Å². The van der Waals surface area contributed by atoms with Crippen LogP contribution in [0.2, 0.25) is 0 Å². The molecule has 1 N–H and O–H groups in total. The Morgan fingerprint density at radius 1 is 0.955 bits per heavy atom. The van der Waals surface area contributed by atoms with E-state index in [-0.39, 0.29) is 35.8 Å². The van der Waals surface area contributed by atoms with E-state index in [1.807, 2.05) is 65.0 Å². The minimum atomic E-state index is -1.17. The highest BCUT2D eigenvalue weighted by molar-refractivity contribution is 5.89. The predicted molar refractivity (Wildman–Crippen MR) is 165 cm³/mol. The van der Waals surface area contributed by atoms with Gasteiger partial charge in [-0.25, -0.2) is 0 Å². The molecular formula is C36H49NO7. The van der Waals surface area contributed by atoms with Crippen molar-refractivity contribution in [3.63, 3.8) is 0 Å². The van der Waals surface area contributed by atoms with E-state index in [1.54, 1.807) is 0 Å². The van der Waals surface area contributed by atoms with E-state index in [4.69, 9.17) is 23.7 Å². The van der Waals surface area contributed by atoms with Crippen LogP contribution in [0.4, 0.5) is 0 Å². The van der Waals surface area contributed by atoms with Gasteiger partial charge in [-0.15, -0.1) is 0 Å². The Morgan fingerprint density at radius 2 is 1.61 bits per heavy atom. The molecule has 5 aliphatic rings. The van der Waals surface area contributed by atoms with Crippen molar-refractivity contribution in [2.75, 3.05) is 0 Å². The largest absolute Gasteiger partial charge is 0.457 e. The molecule has 2 aliphatic carbocycles. The zero-order valence-corrected chi connectivity index (χ0v) is 27.6. The normalized spacial score (nSPS) is 46.8. The van der Waals surface area contributed by atoms with Crippen molar-refractivity contribution < 1.29 is 33.3 Å². The molecule has 0 unspecified atom stereocenters. The number of hydrogen-bond donors (Lipinski definition) is 1. The van der Waals surface area contributed by atoms with Gasteiger partial charge in [0.2, 0.25) is 5.91 Å². The number of allylic oxidation sites excluding steroid dienone is 1. The fourth-order valence-electron chi connectivity index (χ4n) is 9.40. The molecule has 240 valence electrons. The van der Waals surface area contributed by atoms with Crippen molar-refractivity contribution in [2.24, 2.45) is 29.1 Å². The molecule has 0 aromatic heterocycles. The van der Waals surface area contributed by atoms with E-state index in [9.17, 15) is 9.59 Å². The highest BCUT2D eigenvalue weighted by Gasteiger charge is 2.75. The molecular weight excluding hydrogens is 558 g/mol. The molecule has 44 heavy (non-hydrogen) atoms. The number of rotatable bonds is 3. The molecule has 1 spiro atoms. The molecule has 4 fully saturated rings. The average Bonchev–Trinajstić information content (AvgIpc) is 3.46. The third-order valence-electron chi connectivity index (χ3n) is 10.9. The fourth-order valence-corrected chi connectivity index (χ4v) is 9.40. The Morgan fingerprint density at radius 3 is 2.30 bits per heavy atom. The van der Waals surface area contributed by atoms with E-state index < -0.39 is 52.3 Å². The third-order valence-corrected chi connectivity index (χ3v) is 10.9. The maximum atomic E-state index is 14.9. The van der Waals surface area contributed by atoms with Gasteiger partial charge in [-0.1, -0.05) is 62.4 Å². The number of fused-ring (bicyclic) bond motifs is 3. The molecule has 0 bridgehead atoms. The smallest absolute Gasteiger partial charge is 0.303 e. The summed E-state index contributed by atoms with van der Waals surface area (Å²) in [6.07, 6.45) is 7.92. The second-order valence-electron chi connectivity index (χ2n) is 15.0. The first-order valence-corrected chi connectivity index (χ1v) is 16.2. The van der Waals surface area contributed by atoms with Crippen molar-refractivity contribution in [2.45, 2.75) is 122 Å². The van der Waals surface area contributed by atoms with Crippen LogP contribution < -0.4 is 5.32 Å². The molecule has 1 saturated carbocycles. The summed E-state index contributed by atoms with van der Waals surface area (Å²) in [6, 6.07) is 10.0. The monoisotopic (exact) mass is 607 g/mol. The van der Waals surface area contributed by atoms with E-state index in [2.05, 4.69) is 50.4 Å². The number of benzene rings is 1. The van der Waals surface area contributed by atoms with Crippen molar-refractivity contribution in [3.8, 4) is 0 Å². The van der Waals surface area contributed by atoms with Gasteiger partial charge in [-0.2, -0.15) is 0 Å². The number of carbonyl (C=O) groups excluding carboxylic acids is 2. The Kier molecular flexibility index (Phi) is 7.52. The Labute approximate surface area is 261 Å². The predicted octanol–water partition coefficient (Wildman–Crippen LogP) is 5.50. The molecule has 1 aromatic rings. The summed E-state index contributed by atoms with van der Waals surface area (Å²) in [6.45, 7) is 17.6. The van der Waals surface area contributed by atoms with Crippen molar-refractivity contribution in [1.82, 2.24) is 5.32 Å². The van der Waals surface area contributed by atoms with Crippen molar-refractivity contribution in [3.05, 3.63) is 60.2 Å². The van der Waals surface area contributed by atoms with Crippen LogP contribution in [-0.4, -0.2) is 59.0 Å². The first kappa shape index (κ1) is 31.5. The summed E-state index contributed by atoms with van der Waals surface area (Å²) < 4.78 is 32.7. The molecule has 3 heterocycles. The van der Waals surface area contributed by atoms with Gasteiger partial charge in [-0.3, -0.25) is 9.59 Å². The first-order valence-electron chi connectivity index (χ1n) is 16.2. The minimum Gasteiger partial charge on any atom is -0.457 e. The summed E-state index contributed by atoms with van der Waals surface area (Å²) >= 11 is 0. The number of amides is 1. The lowest BCUT2D eigenvalue weighted by Gasteiger charge is -2.56. The first-order chi connectivity index (χ1) is 20.5. The average molecular weight is 608 g/mol. The number of hydrogen-bond acceptors (Lipinski definition) is 7. The van der Waals surface area contributed by atoms with Gasteiger partial charge in [0.05, 0.1) is 17.8 Å². The van der Waals surface area contributed by atoms with Crippen LogP contribution in [0.3, 0.4) is 0 Å². The summed E-state index contributed by atoms with van der Waals surface area (Å²) in [5.41, 5.74) is -1.53. The van der Waals surface area contributed by atoms with Gasteiger partial charge in [0.25, 0.3) is 0 Å². The SMILES string of the molecule is CC(=O)O[C@@H]1/C=C/[C@@]2(C)OC(C)(C)O[C@@H]2[C@@H](C)C/C=C/[C@H]2[C@@H]3OC(C)(C)O[C@]3(C)[C@@H](C)[C@H]3[C@H](Cc4ccccc4)NC(=O)[C@@]312. The number of carbonyl (C=O) groups is 2. The molecule has 11 atom stereocenters. The fraction of sp³-hybridized carbons (Fsp3) is 0.667. The van der Waals surface area contributed by atoms with Gasteiger partial charge in [0.15, 0.2) is 11.6 Å². The van der Waals surface area contributed by atoms with Crippen molar-refractivity contribution >= 4 is 11.9 Å². The van der Waals surface area contributed by atoms with Crippen molar-refractivity contribution in [1.29, 1.82) is 0 Å². The molecule has 8 nitrogen and oxygen atoms in total.